The molecule has 4 aromatic rings. The molecular weight excluding hydrogens is 352 g/mol. The molecular formula is C22H20N4O2. The van der Waals surface area contributed by atoms with Gasteiger partial charge in [-0.1, -0.05) is 23.4 Å². The highest BCUT2D eigenvalue weighted by atomic mass is 16.5. The highest BCUT2D eigenvalue weighted by Crippen LogP contribution is 2.32. The minimum atomic E-state index is 0.505. The molecule has 0 saturated carbocycles. The average Bonchev–Trinajstić information content (AvgIpc) is 3.45. The van der Waals surface area contributed by atoms with Gasteiger partial charge >= 0.3 is 0 Å². The van der Waals surface area contributed by atoms with Crippen molar-refractivity contribution in [3.05, 3.63) is 54.6 Å². The third-order valence-corrected chi connectivity index (χ3v) is 5.14. The van der Waals surface area contributed by atoms with E-state index in [-0.39, 0.29) is 0 Å². The fraction of sp³-hybridized carbons (Fsp3) is 0.227. The van der Waals surface area contributed by atoms with Gasteiger partial charge in [-0.3, -0.25) is 0 Å². The standard InChI is InChI=1S/C22H20N4O2/c1-27-16-10-8-15(9-11-16)21-24-22(28-25-21)18-14-20(26-12-4-5-13-26)23-19-7-3-2-6-17(18)19/h2-3,6-11,14H,4-5,12-13H2,1H3. The second kappa shape index (κ2) is 6.96. The van der Waals surface area contributed by atoms with Crippen LogP contribution in [-0.2, 0) is 0 Å². The van der Waals surface area contributed by atoms with Crippen LogP contribution in [0.15, 0.2) is 59.1 Å². The maximum absolute atomic E-state index is 5.65. The highest BCUT2D eigenvalue weighted by Gasteiger charge is 2.19. The number of benzene rings is 2. The van der Waals surface area contributed by atoms with Crippen molar-refractivity contribution in [1.29, 1.82) is 0 Å². The lowest BCUT2D eigenvalue weighted by molar-refractivity contribution is 0.415. The van der Waals surface area contributed by atoms with Crippen LogP contribution in [0.3, 0.4) is 0 Å². The summed E-state index contributed by atoms with van der Waals surface area (Å²) in [6.45, 7) is 2.07. The Morgan fingerprint density at radius 3 is 2.54 bits per heavy atom. The van der Waals surface area contributed by atoms with Gasteiger partial charge in [-0.25, -0.2) is 4.98 Å². The predicted molar refractivity (Wildman–Crippen MR) is 108 cm³/mol. The Bertz CT molecular complexity index is 1120. The summed E-state index contributed by atoms with van der Waals surface area (Å²) in [7, 11) is 1.65. The monoisotopic (exact) mass is 372 g/mol. The Balaban J connectivity index is 1.59. The zero-order chi connectivity index (χ0) is 18.9. The molecule has 0 atom stereocenters. The topological polar surface area (TPSA) is 64.3 Å². The van der Waals surface area contributed by atoms with Gasteiger partial charge in [0, 0.05) is 24.0 Å². The smallest absolute Gasteiger partial charge is 0.259 e. The summed E-state index contributed by atoms with van der Waals surface area (Å²) in [6, 6.07) is 17.8. The zero-order valence-corrected chi connectivity index (χ0v) is 15.6. The normalized spacial score (nSPS) is 14.0. The Morgan fingerprint density at radius 2 is 1.75 bits per heavy atom. The van der Waals surface area contributed by atoms with E-state index < -0.39 is 0 Å². The number of methoxy groups -OCH3 is 1. The first-order valence-electron chi connectivity index (χ1n) is 9.45. The van der Waals surface area contributed by atoms with Crippen LogP contribution < -0.4 is 9.64 Å². The number of hydrogen-bond acceptors (Lipinski definition) is 6. The molecule has 2 aromatic carbocycles. The third kappa shape index (κ3) is 2.97. The third-order valence-electron chi connectivity index (χ3n) is 5.14. The number of anilines is 1. The molecule has 1 fully saturated rings. The van der Waals surface area contributed by atoms with Gasteiger partial charge in [-0.15, -0.1) is 0 Å². The summed E-state index contributed by atoms with van der Waals surface area (Å²) in [5.74, 6) is 2.82. The van der Waals surface area contributed by atoms with Crippen molar-refractivity contribution in [3.8, 4) is 28.6 Å². The van der Waals surface area contributed by atoms with Crippen LogP contribution in [-0.4, -0.2) is 35.3 Å². The van der Waals surface area contributed by atoms with Crippen molar-refractivity contribution in [2.45, 2.75) is 12.8 Å². The van der Waals surface area contributed by atoms with Gasteiger partial charge in [0.25, 0.3) is 5.89 Å². The van der Waals surface area contributed by atoms with Crippen molar-refractivity contribution in [2.24, 2.45) is 0 Å². The molecule has 6 nitrogen and oxygen atoms in total. The first-order valence-corrected chi connectivity index (χ1v) is 9.45. The molecule has 1 saturated heterocycles. The number of rotatable bonds is 4. The summed E-state index contributed by atoms with van der Waals surface area (Å²) in [4.78, 5) is 11.8. The number of fused-ring (bicyclic) bond motifs is 1. The molecule has 0 aliphatic carbocycles. The van der Waals surface area contributed by atoms with E-state index >= 15 is 0 Å². The zero-order valence-electron chi connectivity index (χ0n) is 15.6. The molecule has 1 aliphatic heterocycles. The fourth-order valence-corrected chi connectivity index (χ4v) is 3.64. The van der Waals surface area contributed by atoms with Gasteiger partial charge in [-0.2, -0.15) is 4.98 Å². The van der Waals surface area contributed by atoms with Crippen molar-refractivity contribution >= 4 is 16.7 Å². The van der Waals surface area contributed by atoms with E-state index in [1.807, 2.05) is 48.5 Å². The van der Waals surface area contributed by atoms with E-state index in [1.54, 1.807) is 7.11 Å². The molecule has 0 bridgehead atoms. The first kappa shape index (κ1) is 16.7. The molecule has 1 aliphatic rings. The largest absolute Gasteiger partial charge is 0.497 e. The Labute approximate surface area is 162 Å². The van der Waals surface area contributed by atoms with Crippen LogP contribution in [0.5, 0.6) is 5.75 Å². The van der Waals surface area contributed by atoms with Crippen LogP contribution >= 0.6 is 0 Å². The van der Waals surface area contributed by atoms with Crippen LogP contribution in [0.1, 0.15) is 12.8 Å². The van der Waals surface area contributed by atoms with E-state index in [1.165, 1.54) is 12.8 Å². The maximum atomic E-state index is 5.65. The van der Waals surface area contributed by atoms with E-state index in [0.29, 0.717) is 11.7 Å². The Hall–Kier alpha value is -3.41. The Morgan fingerprint density at radius 1 is 0.964 bits per heavy atom. The van der Waals surface area contributed by atoms with Crippen LogP contribution in [0, 0.1) is 0 Å². The second-order valence-corrected chi connectivity index (χ2v) is 6.89. The highest BCUT2D eigenvalue weighted by molar-refractivity contribution is 5.94. The summed E-state index contributed by atoms with van der Waals surface area (Å²) in [6.07, 6.45) is 2.40. The first-order chi connectivity index (χ1) is 13.8. The van der Waals surface area contributed by atoms with Gasteiger partial charge in [0.15, 0.2) is 0 Å². The number of aromatic nitrogens is 3. The van der Waals surface area contributed by atoms with Gasteiger partial charge < -0.3 is 14.2 Å². The molecule has 28 heavy (non-hydrogen) atoms. The molecule has 0 unspecified atom stereocenters. The van der Waals surface area contributed by atoms with Crippen molar-refractivity contribution in [2.75, 3.05) is 25.1 Å². The molecule has 6 heteroatoms. The molecule has 0 N–H and O–H groups in total. The number of ether oxygens (including phenoxy) is 1. The predicted octanol–water partition coefficient (Wildman–Crippen LogP) is 4.56. The number of para-hydroxylation sites is 1. The summed E-state index contributed by atoms with van der Waals surface area (Å²) in [5, 5.41) is 5.20. The molecule has 0 amide bonds. The van der Waals surface area contributed by atoms with Gasteiger partial charge in [0.1, 0.15) is 11.6 Å². The number of nitrogens with zero attached hydrogens (tertiary/aromatic N) is 4. The van der Waals surface area contributed by atoms with E-state index in [2.05, 4.69) is 21.1 Å². The minimum absolute atomic E-state index is 0.505. The summed E-state index contributed by atoms with van der Waals surface area (Å²) < 4.78 is 10.9. The lowest BCUT2D eigenvalue weighted by Gasteiger charge is -2.17. The lowest BCUT2D eigenvalue weighted by Crippen LogP contribution is -2.19. The van der Waals surface area contributed by atoms with Gasteiger partial charge in [-0.05, 0) is 49.2 Å². The molecule has 0 spiro atoms. The number of pyridine rings is 1. The van der Waals surface area contributed by atoms with Crippen molar-refractivity contribution in [1.82, 2.24) is 15.1 Å². The minimum Gasteiger partial charge on any atom is -0.497 e. The SMILES string of the molecule is COc1ccc(-c2noc(-c3cc(N4CCCC4)nc4ccccc34)n2)cc1. The van der Waals surface area contributed by atoms with Crippen molar-refractivity contribution < 1.29 is 9.26 Å². The molecule has 3 heterocycles. The lowest BCUT2D eigenvalue weighted by atomic mass is 10.1. The molecule has 0 radical (unpaired) electrons. The van der Waals surface area contributed by atoms with E-state index in [9.17, 15) is 0 Å². The fourth-order valence-electron chi connectivity index (χ4n) is 3.64. The Kier molecular flexibility index (Phi) is 4.16. The molecule has 140 valence electrons. The van der Waals surface area contributed by atoms with Crippen LogP contribution in [0.25, 0.3) is 33.7 Å². The van der Waals surface area contributed by atoms with Crippen LogP contribution in [0.2, 0.25) is 0 Å². The van der Waals surface area contributed by atoms with Gasteiger partial charge in [0.2, 0.25) is 5.82 Å². The van der Waals surface area contributed by atoms with Crippen LogP contribution in [0.4, 0.5) is 5.82 Å². The summed E-state index contributed by atoms with van der Waals surface area (Å²) >= 11 is 0. The summed E-state index contributed by atoms with van der Waals surface area (Å²) in [5.41, 5.74) is 2.74. The average molecular weight is 372 g/mol. The van der Waals surface area contributed by atoms with Crippen molar-refractivity contribution in [3.63, 3.8) is 0 Å². The quantitative estimate of drug-likeness (QED) is 0.523. The number of hydrogen-bond donors (Lipinski definition) is 0. The van der Waals surface area contributed by atoms with E-state index in [4.69, 9.17) is 14.2 Å². The maximum Gasteiger partial charge on any atom is 0.259 e. The van der Waals surface area contributed by atoms with E-state index in [0.717, 1.165) is 46.7 Å². The second-order valence-electron chi connectivity index (χ2n) is 6.89. The van der Waals surface area contributed by atoms with Gasteiger partial charge in [0.05, 0.1) is 18.2 Å². The molecule has 2 aromatic heterocycles. The molecule has 5 rings (SSSR count).